The second-order valence-corrected chi connectivity index (χ2v) is 21.1. The van der Waals surface area contributed by atoms with Crippen LogP contribution in [-0.4, -0.2) is 0 Å². The van der Waals surface area contributed by atoms with E-state index in [2.05, 4.69) is 149 Å². The van der Waals surface area contributed by atoms with Crippen LogP contribution in [0.15, 0.2) is 121 Å². The molecule has 0 nitrogen and oxygen atoms in total. The summed E-state index contributed by atoms with van der Waals surface area (Å²) in [6.07, 6.45) is 2.11. The van der Waals surface area contributed by atoms with E-state index >= 15 is 0 Å². The quantitative estimate of drug-likeness (QED) is 0.129. The highest BCUT2D eigenvalue weighted by Crippen LogP contribution is 2.51. The lowest BCUT2D eigenvalue weighted by atomic mass is 10.0. The summed E-state index contributed by atoms with van der Waals surface area (Å²) < 4.78 is 0. The highest BCUT2D eigenvalue weighted by atomic mass is 32.1. The number of thiophene rings is 7. The van der Waals surface area contributed by atoms with Gasteiger partial charge in [-0.05, 0) is 122 Å². The molecular formula is C46H36S7. The molecule has 9 aromatic rings. The van der Waals surface area contributed by atoms with Crippen molar-refractivity contribution in [3.63, 3.8) is 0 Å². The molecule has 7 heteroatoms. The molecule has 0 N–H and O–H groups in total. The minimum atomic E-state index is 1.05. The summed E-state index contributed by atoms with van der Waals surface area (Å²) >= 11 is 13.3. The number of aryl methyl sites for hydroxylation is 4. The van der Waals surface area contributed by atoms with Gasteiger partial charge >= 0.3 is 0 Å². The fraction of sp³-hybridized carbons (Fsp3) is 0.130. The predicted molar refractivity (Wildman–Crippen MR) is 243 cm³/mol. The van der Waals surface area contributed by atoms with Gasteiger partial charge in [0.2, 0.25) is 0 Å². The lowest BCUT2D eigenvalue weighted by Crippen LogP contribution is -1.81. The standard InChI is InChI=1S/C46H36S7/c1-5-29-9-13-31(14-10-29)33-25-43(39-17-7-27(3)47-39)52-45(33)41-23-21-37(50-41)35-19-20-36(49-35)38-22-24-42(51-38)46-34(32-15-11-30(6-2)12-16-32)26-44(53-46)40-18-8-28(4)48-40/h7-26H,5-6H2,1-4H3. The molecule has 0 fully saturated rings. The van der Waals surface area contributed by atoms with Gasteiger partial charge in [0.25, 0.3) is 0 Å². The third-order valence-electron chi connectivity index (χ3n) is 9.53. The maximum absolute atomic E-state index is 2.41. The zero-order valence-corrected chi connectivity index (χ0v) is 35.5. The SMILES string of the molecule is CCc1ccc(-c2cc(-c3ccc(C)s3)sc2-c2ccc(-c3ccc(-c4ccc(-c5sc(-c6ccc(C)s6)cc5-c5ccc(CC)cc5)s4)s3)s2)cc1. The molecule has 0 spiro atoms. The molecule has 0 amide bonds. The fourth-order valence-electron chi connectivity index (χ4n) is 6.58. The summed E-state index contributed by atoms with van der Waals surface area (Å²) in [5.74, 6) is 0. The third kappa shape index (κ3) is 7.05. The lowest BCUT2D eigenvalue weighted by Gasteiger charge is -2.04. The maximum atomic E-state index is 2.41. The Morgan fingerprint density at radius 3 is 0.981 bits per heavy atom. The van der Waals surface area contributed by atoms with Crippen molar-refractivity contribution in [2.24, 2.45) is 0 Å². The Bertz CT molecular complexity index is 2470. The van der Waals surface area contributed by atoms with Crippen molar-refractivity contribution >= 4 is 79.4 Å². The Labute approximate surface area is 340 Å². The van der Waals surface area contributed by atoms with Crippen molar-refractivity contribution in [3.8, 4) is 80.8 Å². The van der Waals surface area contributed by atoms with Gasteiger partial charge in [-0.1, -0.05) is 62.4 Å². The van der Waals surface area contributed by atoms with Crippen LogP contribution in [0.4, 0.5) is 0 Å². The third-order valence-corrected chi connectivity index (χ3v) is 18.2. The van der Waals surface area contributed by atoms with E-state index in [0.717, 1.165) is 12.8 Å². The van der Waals surface area contributed by atoms with Crippen LogP contribution in [0.3, 0.4) is 0 Å². The minimum absolute atomic E-state index is 1.05. The molecule has 262 valence electrons. The second-order valence-electron chi connectivity index (χ2n) is 13.1. The molecule has 7 aromatic heterocycles. The topological polar surface area (TPSA) is 0 Å². The zero-order valence-electron chi connectivity index (χ0n) is 29.8. The van der Waals surface area contributed by atoms with E-state index in [1.54, 1.807) is 0 Å². The molecule has 0 aliphatic heterocycles. The van der Waals surface area contributed by atoms with Crippen LogP contribution in [0.25, 0.3) is 80.8 Å². The maximum Gasteiger partial charge on any atom is 0.0528 e. The van der Waals surface area contributed by atoms with Crippen LogP contribution in [0.2, 0.25) is 0 Å². The molecular weight excluding hydrogens is 777 g/mol. The minimum Gasteiger partial charge on any atom is -0.140 e. The molecule has 0 bridgehead atoms. The van der Waals surface area contributed by atoms with Gasteiger partial charge in [-0.15, -0.1) is 79.4 Å². The number of benzene rings is 2. The summed E-state index contributed by atoms with van der Waals surface area (Å²) in [6, 6.07) is 46.1. The zero-order chi connectivity index (χ0) is 36.1. The fourth-order valence-corrected chi connectivity index (χ4v) is 14.3. The van der Waals surface area contributed by atoms with Gasteiger partial charge in [0.1, 0.15) is 0 Å². The molecule has 9 rings (SSSR count). The van der Waals surface area contributed by atoms with Crippen LogP contribution in [-0.2, 0) is 12.8 Å². The number of rotatable bonds is 10. The van der Waals surface area contributed by atoms with E-state index in [1.807, 2.05) is 79.4 Å². The first kappa shape index (κ1) is 35.1. The summed E-state index contributed by atoms with van der Waals surface area (Å²) in [6.45, 7) is 8.83. The van der Waals surface area contributed by atoms with Crippen LogP contribution in [0, 0.1) is 13.8 Å². The van der Waals surface area contributed by atoms with E-state index in [0.29, 0.717) is 0 Å². The van der Waals surface area contributed by atoms with Gasteiger partial charge < -0.3 is 0 Å². The van der Waals surface area contributed by atoms with E-state index in [1.165, 1.54) is 102 Å². The highest BCUT2D eigenvalue weighted by molar-refractivity contribution is 7.31. The first-order valence-electron chi connectivity index (χ1n) is 17.8. The van der Waals surface area contributed by atoms with Crippen molar-refractivity contribution in [2.45, 2.75) is 40.5 Å². The molecule has 53 heavy (non-hydrogen) atoms. The molecule has 0 radical (unpaired) electrons. The summed E-state index contributed by atoms with van der Waals surface area (Å²) in [5.41, 5.74) is 7.99. The van der Waals surface area contributed by atoms with Crippen molar-refractivity contribution in [2.75, 3.05) is 0 Å². The predicted octanol–water partition coefficient (Wildman–Crippen LogP) is 17.2. The van der Waals surface area contributed by atoms with Crippen LogP contribution >= 0.6 is 79.4 Å². The molecule has 0 aliphatic carbocycles. The van der Waals surface area contributed by atoms with Gasteiger partial charge in [-0.2, -0.15) is 0 Å². The normalized spacial score (nSPS) is 11.5. The van der Waals surface area contributed by atoms with E-state index in [9.17, 15) is 0 Å². The summed E-state index contributed by atoms with van der Waals surface area (Å²) in [5, 5.41) is 0. The summed E-state index contributed by atoms with van der Waals surface area (Å²) in [4.78, 5) is 18.8. The molecule has 0 saturated heterocycles. The molecule has 0 saturated carbocycles. The smallest absolute Gasteiger partial charge is 0.0528 e. The Balaban J connectivity index is 1.03. The molecule has 2 aromatic carbocycles. The lowest BCUT2D eigenvalue weighted by molar-refractivity contribution is 1.14. The Morgan fingerprint density at radius 1 is 0.321 bits per heavy atom. The van der Waals surface area contributed by atoms with Crippen LogP contribution < -0.4 is 0 Å². The number of hydrogen-bond acceptors (Lipinski definition) is 7. The molecule has 7 heterocycles. The Morgan fingerprint density at radius 2 is 0.642 bits per heavy atom. The van der Waals surface area contributed by atoms with Gasteiger partial charge in [0.15, 0.2) is 0 Å². The second kappa shape index (κ2) is 14.9. The van der Waals surface area contributed by atoms with Crippen molar-refractivity contribution in [1.29, 1.82) is 0 Å². The highest BCUT2D eigenvalue weighted by Gasteiger charge is 2.20. The van der Waals surface area contributed by atoms with Crippen LogP contribution in [0.1, 0.15) is 34.7 Å². The van der Waals surface area contributed by atoms with Crippen molar-refractivity contribution < 1.29 is 0 Å². The monoisotopic (exact) mass is 812 g/mol. The Hall–Kier alpha value is -3.66. The first-order valence-corrected chi connectivity index (χ1v) is 23.5. The van der Waals surface area contributed by atoms with Gasteiger partial charge in [0, 0.05) is 69.7 Å². The van der Waals surface area contributed by atoms with Crippen molar-refractivity contribution in [1.82, 2.24) is 0 Å². The number of hydrogen-bond donors (Lipinski definition) is 0. The summed E-state index contributed by atoms with van der Waals surface area (Å²) in [7, 11) is 0. The van der Waals surface area contributed by atoms with Crippen LogP contribution in [0.5, 0.6) is 0 Å². The Kier molecular flexibility index (Phi) is 9.84. The van der Waals surface area contributed by atoms with E-state index in [4.69, 9.17) is 0 Å². The molecule has 0 aliphatic rings. The molecule has 0 unspecified atom stereocenters. The average molecular weight is 813 g/mol. The van der Waals surface area contributed by atoms with Gasteiger partial charge in [-0.3, -0.25) is 0 Å². The average Bonchev–Trinajstić information content (AvgIpc) is 4.03. The molecule has 0 atom stereocenters. The largest absolute Gasteiger partial charge is 0.140 e. The van der Waals surface area contributed by atoms with Gasteiger partial charge in [0.05, 0.1) is 9.75 Å². The van der Waals surface area contributed by atoms with Gasteiger partial charge in [-0.25, -0.2) is 0 Å². The van der Waals surface area contributed by atoms with E-state index in [-0.39, 0.29) is 0 Å². The van der Waals surface area contributed by atoms with Crippen molar-refractivity contribution in [3.05, 3.63) is 142 Å². The first-order chi connectivity index (χ1) is 25.9. The van der Waals surface area contributed by atoms with E-state index < -0.39 is 0 Å².